The number of H-pyrrole nitrogens is 1. The standard InChI is InChI=1S/C28H43N5O4/c1-18(2)25(34)26(35)23(14-20-11-7-4-8-12-20)32-28(37)24(15-21-16-30-17-31-21)33-27(36)22(29)13-19-9-5-3-6-10-19/h3,5-6,9-10,16-18,20,22-26,34-35H,4,7-8,11-15,29H2,1-2H3,(H,30,31)(H,32,37)(H,33,36)/t22-,23-,24-,25-,26+/m0/s1. The molecule has 3 rings (SSSR count). The molecule has 9 nitrogen and oxygen atoms in total. The maximum absolute atomic E-state index is 13.5. The first-order valence-corrected chi connectivity index (χ1v) is 13.5. The third-order valence-corrected chi connectivity index (χ3v) is 7.33. The fourth-order valence-corrected chi connectivity index (χ4v) is 5.05. The topological polar surface area (TPSA) is 153 Å². The number of nitrogens with one attached hydrogen (secondary N) is 3. The van der Waals surface area contributed by atoms with Gasteiger partial charge < -0.3 is 31.6 Å². The molecule has 2 aromatic rings. The van der Waals surface area contributed by atoms with Crippen LogP contribution < -0.4 is 16.4 Å². The van der Waals surface area contributed by atoms with Crippen LogP contribution in [0, 0.1) is 11.8 Å². The number of aliphatic hydroxyl groups is 2. The van der Waals surface area contributed by atoms with E-state index in [2.05, 4.69) is 20.6 Å². The lowest BCUT2D eigenvalue weighted by atomic mass is 9.82. The van der Waals surface area contributed by atoms with Gasteiger partial charge in [-0.2, -0.15) is 0 Å². The first kappa shape index (κ1) is 28.8. The van der Waals surface area contributed by atoms with Gasteiger partial charge in [0.25, 0.3) is 0 Å². The van der Waals surface area contributed by atoms with Crippen LogP contribution >= 0.6 is 0 Å². The van der Waals surface area contributed by atoms with Crippen molar-refractivity contribution in [2.24, 2.45) is 17.6 Å². The van der Waals surface area contributed by atoms with E-state index in [1.165, 1.54) is 12.7 Å². The normalized spacial score (nSPS) is 18.5. The van der Waals surface area contributed by atoms with Gasteiger partial charge in [0.2, 0.25) is 11.8 Å². The Morgan fingerprint density at radius 2 is 1.73 bits per heavy atom. The van der Waals surface area contributed by atoms with E-state index in [0.717, 1.165) is 31.2 Å². The van der Waals surface area contributed by atoms with Crippen LogP contribution in [-0.2, 0) is 22.4 Å². The molecule has 0 saturated heterocycles. The molecule has 0 bridgehead atoms. The molecular weight excluding hydrogens is 470 g/mol. The van der Waals surface area contributed by atoms with Crippen molar-refractivity contribution in [2.75, 3.05) is 0 Å². The van der Waals surface area contributed by atoms with E-state index >= 15 is 0 Å². The van der Waals surface area contributed by atoms with Crippen molar-refractivity contribution in [3.05, 3.63) is 54.1 Å². The minimum atomic E-state index is -1.12. The fourth-order valence-electron chi connectivity index (χ4n) is 5.05. The number of aromatic amines is 1. The zero-order chi connectivity index (χ0) is 26.8. The summed E-state index contributed by atoms with van der Waals surface area (Å²) in [5.41, 5.74) is 7.79. The summed E-state index contributed by atoms with van der Waals surface area (Å²) in [4.78, 5) is 33.5. The number of benzene rings is 1. The van der Waals surface area contributed by atoms with Crippen molar-refractivity contribution >= 4 is 11.8 Å². The second-order valence-electron chi connectivity index (χ2n) is 10.7. The molecule has 1 heterocycles. The third kappa shape index (κ3) is 8.94. The highest BCUT2D eigenvalue weighted by atomic mass is 16.3. The molecule has 1 aliphatic carbocycles. The van der Waals surface area contributed by atoms with E-state index in [1.54, 1.807) is 6.20 Å². The Morgan fingerprint density at radius 3 is 2.35 bits per heavy atom. The van der Waals surface area contributed by atoms with Crippen molar-refractivity contribution in [1.82, 2.24) is 20.6 Å². The molecule has 1 fully saturated rings. The second-order valence-corrected chi connectivity index (χ2v) is 10.7. The summed E-state index contributed by atoms with van der Waals surface area (Å²) in [6, 6.07) is 7.09. The Kier molecular flexibility index (Phi) is 11.1. The van der Waals surface area contributed by atoms with Gasteiger partial charge in [-0.15, -0.1) is 0 Å². The second kappa shape index (κ2) is 14.3. The summed E-state index contributed by atoms with van der Waals surface area (Å²) in [6.45, 7) is 3.67. The largest absolute Gasteiger partial charge is 0.390 e. The van der Waals surface area contributed by atoms with E-state index in [4.69, 9.17) is 5.73 Å². The number of aromatic nitrogens is 2. The highest BCUT2D eigenvalue weighted by Crippen LogP contribution is 2.29. The van der Waals surface area contributed by atoms with E-state index in [0.29, 0.717) is 24.5 Å². The molecule has 204 valence electrons. The first-order chi connectivity index (χ1) is 17.7. The predicted molar refractivity (Wildman–Crippen MR) is 142 cm³/mol. The van der Waals surface area contributed by atoms with Crippen molar-refractivity contribution in [1.29, 1.82) is 0 Å². The van der Waals surface area contributed by atoms with Crippen molar-refractivity contribution < 1.29 is 19.8 Å². The number of hydrogen-bond donors (Lipinski definition) is 6. The number of hydrogen-bond acceptors (Lipinski definition) is 6. The van der Waals surface area contributed by atoms with Gasteiger partial charge in [0, 0.05) is 18.3 Å². The van der Waals surface area contributed by atoms with Crippen molar-refractivity contribution in [3.8, 4) is 0 Å². The van der Waals surface area contributed by atoms with Gasteiger partial charge in [-0.05, 0) is 30.2 Å². The molecular formula is C28H43N5O4. The van der Waals surface area contributed by atoms with Gasteiger partial charge in [-0.3, -0.25) is 9.59 Å². The van der Waals surface area contributed by atoms with Gasteiger partial charge in [-0.1, -0.05) is 76.3 Å². The quantitative estimate of drug-likeness (QED) is 0.240. The van der Waals surface area contributed by atoms with Crippen LogP contribution in [-0.4, -0.2) is 62.3 Å². The molecule has 2 amide bonds. The van der Waals surface area contributed by atoms with Gasteiger partial charge in [0.05, 0.1) is 24.5 Å². The number of carbonyl (C=O) groups excluding carboxylic acids is 2. The Labute approximate surface area is 219 Å². The molecule has 1 aliphatic rings. The molecule has 0 unspecified atom stereocenters. The molecule has 0 spiro atoms. The molecule has 1 aromatic carbocycles. The first-order valence-electron chi connectivity index (χ1n) is 13.5. The zero-order valence-corrected chi connectivity index (χ0v) is 22.0. The van der Waals surface area contributed by atoms with Crippen LogP contribution in [0.2, 0.25) is 0 Å². The highest BCUT2D eigenvalue weighted by molar-refractivity contribution is 5.90. The molecule has 7 N–H and O–H groups in total. The number of amides is 2. The SMILES string of the molecule is CC(C)[C@H](O)[C@H](O)[C@H](CC1CCCCC1)NC(=O)[C@H](Cc1cnc[nH]1)NC(=O)[C@@H](N)Cc1ccccc1. The average Bonchev–Trinajstić information content (AvgIpc) is 3.41. The van der Waals surface area contributed by atoms with Crippen molar-refractivity contribution in [2.45, 2.75) is 95.5 Å². The van der Waals surface area contributed by atoms with Gasteiger partial charge in [-0.25, -0.2) is 4.98 Å². The summed E-state index contributed by atoms with van der Waals surface area (Å²) in [7, 11) is 0. The Morgan fingerprint density at radius 1 is 1.03 bits per heavy atom. The molecule has 9 heteroatoms. The zero-order valence-electron chi connectivity index (χ0n) is 22.0. The number of carbonyl (C=O) groups is 2. The molecule has 0 radical (unpaired) electrons. The number of nitrogens with zero attached hydrogens (tertiary/aromatic N) is 1. The summed E-state index contributed by atoms with van der Waals surface area (Å²) >= 11 is 0. The highest BCUT2D eigenvalue weighted by Gasteiger charge is 2.34. The fraction of sp³-hybridized carbons (Fsp3) is 0.607. The maximum atomic E-state index is 13.5. The Hall–Kier alpha value is -2.75. The molecule has 1 aromatic heterocycles. The average molecular weight is 514 g/mol. The van der Waals surface area contributed by atoms with E-state index in [9.17, 15) is 19.8 Å². The third-order valence-electron chi connectivity index (χ3n) is 7.33. The molecule has 37 heavy (non-hydrogen) atoms. The maximum Gasteiger partial charge on any atom is 0.243 e. The van der Waals surface area contributed by atoms with Crippen molar-refractivity contribution in [3.63, 3.8) is 0 Å². The van der Waals surface area contributed by atoms with Crippen LogP contribution in [0.3, 0.4) is 0 Å². The predicted octanol–water partition coefficient (Wildman–Crippen LogP) is 1.84. The van der Waals surface area contributed by atoms with Crippen LogP contribution in [0.5, 0.6) is 0 Å². The lowest BCUT2D eigenvalue weighted by molar-refractivity contribution is -0.131. The van der Waals surface area contributed by atoms with Gasteiger partial charge >= 0.3 is 0 Å². The minimum absolute atomic E-state index is 0.169. The number of rotatable bonds is 13. The van der Waals surface area contributed by atoms with Gasteiger partial charge in [0.1, 0.15) is 12.1 Å². The number of imidazole rings is 1. The molecule has 0 aliphatic heterocycles. The molecule has 1 saturated carbocycles. The monoisotopic (exact) mass is 513 g/mol. The van der Waals surface area contributed by atoms with E-state index in [1.807, 2.05) is 44.2 Å². The summed E-state index contributed by atoms with van der Waals surface area (Å²) in [5, 5.41) is 27.4. The lowest BCUT2D eigenvalue weighted by Crippen LogP contribution is -2.58. The Balaban J connectivity index is 1.73. The summed E-state index contributed by atoms with van der Waals surface area (Å²) in [5.74, 6) is -0.661. The van der Waals surface area contributed by atoms with Crippen LogP contribution in [0.1, 0.15) is 63.6 Å². The van der Waals surface area contributed by atoms with E-state index in [-0.39, 0.29) is 12.3 Å². The Bertz CT molecular complexity index is 947. The number of nitrogens with two attached hydrogens (primary N) is 1. The molecule has 5 atom stereocenters. The minimum Gasteiger partial charge on any atom is -0.390 e. The van der Waals surface area contributed by atoms with Crippen LogP contribution in [0.15, 0.2) is 42.9 Å². The van der Waals surface area contributed by atoms with Gasteiger partial charge in [0.15, 0.2) is 0 Å². The summed E-state index contributed by atoms with van der Waals surface area (Å²) < 4.78 is 0. The summed E-state index contributed by atoms with van der Waals surface area (Å²) in [6.07, 6.45) is 7.68. The number of aliphatic hydroxyl groups excluding tert-OH is 2. The smallest absolute Gasteiger partial charge is 0.243 e. The van der Waals surface area contributed by atoms with Crippen LogP contribution in [0.4, 0.5) is 0 Å². The van der Waals surface area contributed by atoms with E-state index < -0.39 is 42.1 Å². The lowest BCUT2D eigenvalue weighted by Gasteiger charge is -2.34. The van der Waals surface area contributed by atoms with Crippen LogP contribution in [0.25, 0.3) is 0 Å².